The first kappa shape index (κ1) is 23.3. The highest BCUT2D eigenvalue weighted by Crippen LogP contribution is 2.31. The first-order chi connectivity index (χ1) is 17.0. The summed E-state index contributed by atoms with van der Waals surface area (Å²) < 4.78 is 6.70. The lowest BCUT2D eigenvalue weighted by molar-refractivity contribution is 0.263. The molecule has 9 heteroatoms. The predicted octanol–water partition coefficient (Wildman–Crippen LogP) is 5.43. The Morgan fingerprint density at radius 2 is 1.89 bits per heavy atom. The summed E-state index contributed by atoms with van der Waals surface area (Å²) >= 11 is 3.53. The quantitative estimate of drug-likeness (QED) is 0.303. The van der Waals surface area contributed by atoms with Gasteiger partial charge in [-0.2, -0.15) is 4.98 Å². The molecule has 0 amide bonds. The summed E-state index contributed by atoms with van der Waals surface area (Å²) in [6.07, 6.45) is 3.64. The zero-order valence-electron chi connectivity index (χ0n) is 19.6. The molecule has 1 aliphatic heterocycles. The van der Waals surface area contributed by atoms with Crippen molar-refractivity contribution in [2.24, 2.45) is 0 Å². The van der Waals surface area contributed by atoms with Gasteiger partial charge in [0.1, 0.15) is 22.7 Å². The van der Waals surface area contributed by atoms with Crippen molar-refractivity contribution in [3.8, 4) is 11.5 Å². The number of aryl methyl sites for hydroxylation is 1. The van der Waals surface area contributed by atoms with Crippen LogP contribution in [0.25, 0.3) is 10.9 Å². The molecule has 1 saturated heterocycles. The molecule has 4 aromatic rings. The van der Waals surface area contributed by atoms with Crippen LogP contribution in [-0.2, 0) is 0 Å². The summed E-state index contributed by atoms with van der Waals surface area (Å²) in [6, 6.07) is 15.7. The molecule has 0 saturated carbocycles. The first-order valence-corrected chi connectivity index (χ1v) is 12.4. The van der Waals surface area contributed by atoms with Gasteiger partial charge >= 0.3 is 0 Å². The lowest BCUT2D eigenvalue weighted by atomic mass is 10.1. The Kier molecular flexibility index (Phi) is 6.70. The van der Waals surface area contributed by atoms with E-state index in [1.807, 2.05) is 55.5 Å². The topological polar surface area (TPSA) is 95.2 Å². The molecule has 5 rings (SSSR count). The van der Waals surface area contributed by atoms with Crippen molar-refractivity contribution >= 4 is 44.3 Å². The highest BCUT2D eigenvalue weighted by Gasteiger charge is 2.20. The van der Waals surface area contributed by atoms with E-state index in [0.717, 1.165) is 48.7 Å². The lowest BCUT2D eigenvalue weighted by Gasteiger charge is -2.29. The first-order valence-electron chi connectivity index (χ1n) is 11.6. The number of ether oxygens (including phenoxy) is 1. The minimum atomic E-state index is -0.253. The van der Waals surface area contributed by atoms with Crippen LogP contribution in [0.4, 0.5) is 17.5 Å². The van der Waals surface area contributed by atoms with E-state index in [9.17, 15) is 4.79 Å². The largest absolute Gasteiger partial charge is 0.457 e. The number of likely N-dealkylation sites (tertiary alicyclic amines) is 1. The second kappa shape index (κ2) is 10.1. The Labute approximate surface area is 211 Å². The fraction of sp³-hybridized carbons (Fsp3) is 0.269. The van der Waals surface area contributed by atoms with E-state index >= 15 is 0 Å². The number of nitrogens with one attached hydrogen (secondary N) is 3. The number of anilines is 3. The van der Waals surface area contributed by atoms with Crippen molar-refractivity contribution in [3.05, 3.63) is 75.1 Å². The number of nitrogens with zero attached hydrogens (tertiary/aromatic N) is 3. The monoisotopic (exact) mass is 534 g/mol. The second-order valence-electron chi connectivity index (χ2n) is 8.83. The maximum Gasteiger partial charge on any atom is 0.261 e. The van der Waals surface area contributed by atoms with E-state index in [-0.39, 0.29) is 11.6 Å². The van der Waals surface area contributed by atoms with Gasteiger partial charge in [0.05, 0.1) is 9.99 Å². The number of aromatic amines is 1. The van der Waals surface area contributed by atoms with Crippen molar-refractivity contribution in [3.63, 3.8) is 0 Å². The number of para-hydroxylation sites is 1. The Hall–Kier alpha value is -3.43. The van der Waals surface area contributed by atoms with Crippen LogP contribution >= 0.6 is 15.9 Å². The minimum absolute atomic E-state index is 0.253. The molecule has 0 aliphatic carbocycles. The smallest absolute Gasteiger partial charge is 0.261 e. The van der Waals surface area contributed by atoms with Gasteiger partial charge in [0.25, 0.3) is 5.56 Å². The Morgan fingerprint density at radius 3 is 2.63 bits per heavy atom. The third-order valence-electron chi connectivity index (χ3n) is 6.15. The van der Waals surface area contributed by atoms with Gasteiger partial charge in [0.15, 0.2) is 0 Å². The molecule has 0 spiro atoms. The zero-order chi connectivity index (χ0) is 24.4. The summed E-state index contributed by atoms with van der Waals surface area (Å²) in [5.74, 6) is 2.49. The van der Waals surface area contributed by atoms with Gasteiger partial charge in [0.2, 0.25) is 5.95 Å². The van der Waals surface area contributed by atoms with Gasteiger partial charge in [-0.3, -0.25) is 4.79 Å². The third-order valence-corrected chi connectivity index (χ3v) is 6.76. The van der Waals surface area contributed by atoms with Gasteiger partial charge in [-0.05, 0) is 91.7 Å². The van der Waals surface area contributed by atoms with Crippen LogP contribution in [0, 0.1) is 6.92 Å². The molecule has 0 unspecified atom stereocenters. The molecule has 180 valence electrons. The third kappa shape index (κ3) is 5.31. The number of aromatic nitrogens is 3. The van der Waals surface area contributed by atoms with Crippen LogP contribution in [0.2, 0.25) is 0 Å². The average molecular weight is 535 g/mol. The van der Waals surface area contributed by atoms with Crippen molar-refractivity contribution < 1.29 is 4.74 Å². The van der Waals surface area contributed by atoms with Crippen molar-refractivity contribution in [2.75, 3.05) is 30.8 Å². The van der Waals surface area contributed by atoms with Gasteiger partial charge in [0, 0.05) is 17.9 Å². The molecule has 3 heterocycles. The molecule has 1 fully saturated rings. The Morgan fingerprint density at radius 1 is 1.11 bits per heavy atom. The fourth-order valence-corrected chi connectivity index (χ4v) is 4.60. The van der Waals surface area contributed by atoms with E-state index < -0.39 is 0 Å². The fourth-order valence-electron chi connectivity index (χ4n) is 4.20. The molecule has 8 nitrogen and oxygen atoms in total. The second-order valence-corrected chi connectivity index (χ2v) is 9.68. The molecule has 2 aromatic heterocycles. The molecule has 3 N–H and O–H groups in total. The minimum Gasteiger partial charge on any atom is -0.457 e. The normalized spacial score (nSPS) is 14.7. The van der Waals surface area contributed by atoms with Gasteiger partial charge in [-0.25, -0.2) is 4.98 Å². The van der Waals surface area contributed by atoms with E-state index in [1.54, 1.807) is 6.20 Å². The summed E-state index contributed by atoms with van der Waals surface area (Å²) in [6.45, 7) is 4.03. The SMILES string of the molecule is Cc1cc(Nc2nc(NC3CCN(C)CC3)nc3c(Br)c[nH]c(=O)c23)ccc1Oc1ccccc1. The van der Waals surface area contributed by atoms with Gasteiger partial charge in [-0.1, -0.05) is 18.2 Å². The molecule has 0 radical (unpaired) electrons. The molecular weight excluding hydrogens is 508 g/mol. The zero-order valence-corrected chi connectivity index (χ0v) is 21.2. The van der Waals surface area contributed by atoms with Gasteiger partial charge in [-0.15, -0.1) is 0 Å². The number of H-pyrrole nitrogens is 1. The molecule has 0 bridgehead atoms. The summed E-state index contributed by atoms with van der Waals surface area (Å²) in [4.78, 5) is 27.2. The summed E-state index contributed by atoms with van der Waals surface area (Å²) in [5, 5.41) is 7.21. The van der Waals surface area contributed by atoms with Gasteiger partial charge < -0.3 is 25.3 Å². The number of hydrogen-bond acceptors (Lipinski definition) is 7. The maximum absolute atomic E-state index is 12.8. The summed E-state index contributed by atoms with van der Waals surface area (Å²) in [7, 11) is 2.13. The number of rotatable bonds is 6. The van der Waals surface area contributed by atoms with Crippen LogP contribution in [0.3, 0.4) is 0 Å². The maximum atomic E-state index is 12.8. The molecular formula is C26H27BrN6O2. The number of halogens is 1. The summed E-state index contributed by atoms with van der Waals surface area (Å²) in [5.41, 5.74) is 2.06. The van der Waals surface area contributed by atoms with Crippen LogP contribution in [-0.4, -0.2) is 46.0 Å². The van der Waals surface area contributed by atoms with E-state index in [0.29, 0.717) is 27.1 Å². The van der Waals surface area contributed by atoms with Crippen LogP contribution < -0.4 is 20.9 Å². The molecule has 1 aliphatic rings. The van der Waals surface area contributed by atoms with Crippen LogP contribution in [0.1, 0.15) is 18.4 Å². The van der Waals surface area contributed by atoms with Crippen LogP contribution in [0.5, 0.6) is 11.5 Å². The number of pyridine rings is 1. The Bertz CT molecular complexity index is 1400. The highest BCUT2D eigenvalue weighted by molar-refractivity contribution is 9.10. The number of fused-ring (bicyclic) bond motifs is 1. The number of hydrogen-bond donors (Lipinski definition) is 3. The van der Waals surface area contributed by atoms with Crippen molar-refractivity contribution in [1.82, 2.24) is 19.9 Å². The molecule has 2 aromatic carbocycles. The lowest BCUT2D eigenvalue weighted by Crippen LogP contribution is -2.37. The van der Waals surface area contributed by atoms with E-state index in [4.69, 9.17) is 9.72 Å². The Balaban J connectivity index is 1.46. The predicted molar refractivity (Wildman–Crippen MR) is 143 cm³/mol. The molecule has 35 heavy (non-hydrogen) atoms. The van der Waals surface area contributed by atoms with E-state index in [1.165, 1.54) is 0 Å². The highest BCUT2D eigenvalue weighted by atomic mass is 79.9. The molecule has 0 atom stereocenters. The standard InChI is InChI=1S/C26H27BrN6O2/c1-16-14-18(8-9-21(16)35-19-6-4-3-5-7-19)29-24-22-23(20(27)15-28-25(22)34)31-26(32-24)30-17-10-12-33(2)13-11-17/h3-9,14-15,17H,10-13H2,1-2H3,(H,28,34)(H2,29,30,31,32). The van der Waals surface area contributed by atoms with E-state index in [2.05, 4.69) is 48.5 Å². The number of piperidine rings is 1. The van der Waals surface area contributed by atoms with Crippen molar-refractivity contribution in [2.45, 2.75) is 25.8 Å². The average Bonchev–Trinajstić information content (AvgIpc) is 2.85. The van der Waals surface area contributed by atoms with Crippen LogP contribution in [0.15, 0.2) is 64.0 Å². The number of benzene rings is 2. The van der Waals surface area contributed by atoms with Crippen molar-refractivity contribution in [1.29, 1.82) is 0 Å².